The number of nitrogens with zero attached hydrogens (tertiary/aromatic N) is 1. The Hall–Kier alpha value is -1.01. The van der Waals surface area contributed by atoms with Crippen LogP contribution in [0.3, 0.4) is 0 Å². The number of thioether (sulfide) groups is 1. The minimum absolute atomic E-state index is 0.288. The fraction of sp³-hybridized carbons (Fsp3) is 0.556. The van der Waals surface area contributed by atoms with E-state index >= 15 is 0 Å². The van der Waals surface area contributed by atoms with Crippen molar-refractivity contribution in [1.82, 2.24) is 9.55 Å². The molecule has 3 atom stereocenters. The maximum atomic E-state index is 11.5. The van der Waals surface area contributed by atoms with E-state index in [0.29, 0.717) is 11.7 Å². The van der Waals surface area contributed by atoms with Gasteiger partial charge in [-0.25, -0.2) is 4.79 Å². The third kappa shape index (κ3) is 2.00. The van der Waals surface area contributed by atoms with Gasteiger partial charge in [-0.1, -0.05) is 6.92 Å². The highest BCUT2D eigenvalue weighted by Gasteiger charge is 2.32. The zero-order chi connectivity index (χ0) is 11.0. The maximum Gasteiger partial charge on any atom is 0.329 e. The van der Waals surface area contributed by atoms with Gasteiger partial charge in [-0.2, -0.15) is 0 Å². The van der Waals surface area contributed by atoms with E-state index in [0.717, 1.165) is 0 Å². The highest BCUT2D eigenvalue weighted by atomic mass is 32.2. The van der Waals surface area contributed by atoms with E-state index in [2.05, 4.69) is 4.98 Å². The van der Waals surface area contributed by atoms with E-state index in [1.807, 2.05) is 6.92 Å². The van der Waals surface area contributed by atoms with Gasteiger partial charge in [-0.3, -0.25) is 14.3 Å². The lowest BCUT2D eigenvalue weighted by Crippen LogP contribution is -2.33. The number of H-pyrrole nitrogens is 1. The van der Waals surface area contributed by atoms with Crippen LogP contribution >= 0.6 is 11.8 Å². The fourth-order valence-electron chi connectivity index (χ4n) is 1.72. The van der Waals surface area contributed by atoms with Gasteiger partial charge in [0, 0.05) is 17.5 Å². The van der Waals surface area contributed by atoms with Crippen molar-refractivity contribution in [2.75, 3.05) is 0 Å². The van der Waals surface area contributed by atoms with Crippen molar-refractivity contribution in [2.45, 2.75) is 30.1 Å². The number of hydrogen-bond acceptors (Lipinski definition) is 4. The molecule has 0 aliphatic carbocycles. The number of aliphatic hydroxyl groups is 1. The summed E-state index contributed by atoms with van der Waals surface area (Å²) in [6.07, 6.45) is 1.56. The molecule has 1 aromatic rings. The first kappa shape index (κ1) is 10.5. The second kappa shape index (κ2) is 3.86. The van der Waals surface area contributed by atoms with Gasteiger partial charge in [0.05, 0.1) is 6.10 Å². The molecule has 2 unspecified atom stereocenters. The van der Waals surface area contributed by atoms with Crippen LogP contribution in [-0.2, 0) is 0 Å². The van der Waals surface area contributed by atoms with E-state index in [9.17, 15) is 14.7 Å². The Morgan fingerprint density at radius 2 is 2.33 bits per heavy atom. The predicted molar refractivity (Wildman–Crippen MR) is 58.0 cm³/mol. The van der Waals surface area contributed by atoms with Crippen LogP contribution in [0.25, 0.3) is 0 Å². The van der Waals surface area contributed by atoms with Crippen LogP contribution in [0.2, 0.25) is 0 Å². The van der Waals surface area contributed by atoms with Crippen molar-refractivity contribution < 1.29 is 5.11 Å². The van der Waals surface area contributed by atoms with Gasteiger partial charge in [0.15, 0.2) is 0 Å². The van der Waals surface area contributed by atoms with Crippen LogP contribution in [-0.4, -0.2) is 26.0 Å². The Morgan fingerprint density at radius 1 is 1.60 bits per heavy atom. The number of hydrogen-bond donors (Lipinski definition) is 2. The first-order valence-corrected chi connectivity index (χ1v) is 5.67. The standard InChI is InChI=1S/C9H12N2O3S/c1-5-4-6(12)8(15-5)11-3-2-7(13)10-9(11)14/h2-3,5-6,8,12H,4H2,1H3,(H,10,13,14)/t5?,6-,8?/m1/s1. The molecular weight excluding hydrogens is 216 g/mol. The second-order valence-corrected chi connectivity index (χ2v) is 5.22. The lowest BCUT2D eigenvalue weighted by molar-refractivity contribution is 0.149. The molecule has 1 aromatic heterocycles. The van der Waals surface area contributed by atoms with Gasteiger partial charge in [0.1, 0.15) is 5.37 Å². The van der Waals surface area contributed by atoms with Gasteiger partial charge in [-0.05, 0) is 6.42 Å². The molecule has 82 valence electrons. The van der Waals surface area contributed by atoms with E-state index in [1.165, 1.54) is 28.6 Å². The van der Waals surface area contributed by atoms with Crippen molar-refractivity contribution in [1.29, 1.82) is 0 Å². The minimum atomic E-state index is -0.534. The summed E-state index contributed by atoms with van der Waals surface area (Å²) in [5, 5.41) is 9.77. The van der Waals surface area contributed by atoms with Gasteiger partial charge in [0.2, 0.25) is 0 Å². The molecule has 0 spiro atoms. The van der Waals surface area contributed by atoms with Crippen LogP contribution in [0.15, 0.2) is 21.9 Å². The summed E-state index contributed by atoms with van der Waals surface area (Å²) < 4.78 is 1.38. The molecule has 2 N–H and O–H groups in total. The molecule has 0 aromatic carbocycles. The number of aliphatic hydroxyl groups excluding tert-OH is 1. The molecule has 0 amide bonds. The van der Waals surface area contributed by atoms with Gasteiger partial charge in [0.25, 0.3) is 5.56 Å². The van der Waals surface area contributed by atoms with Gasteiger partial charge in [-0.15, -0.1) is 11.8 Å². The Bertz CT molecular complexity index is 467. The second-order valence-electron chi connectivity index (χ2n) is 3.66. The molecule has 1 aliphatic heterocycles. The molecule has 6 heteroatoms. The summed E-state index contributed by atoms with van der Waals surface area (Å²) in [6, 6.07) is 1.29. The van der Waals surface area contributed by atoms with Crippen LogP contribution in [0.5, 0.6) is 0 Å². The van der Waals surface area contributed by atoms with Crippen molar-refractivity contribution in [2.24, 2.45) is 0 Å². The summed E-state index contributed by atoms with van der Waals surface area (Å²) in [6.45, 7) is 2.00. The first-order valence-electron chi connectivity index (χ1n) is 4.73. The highest BCUT2D eigenvalue weighted by Crippen LogP contribution is 2.40. The quantitative estimate of drug-likeness (QED) is 0.705. The Labute approximate surface area is 90.1 Å². The maximum absolute atomic E-state index is 11.5. The van der Waals surface area contributed by atoms with Gasteiger partial charge < -0.3 is 5.11 Å². The van der Waals surface area contributed by atoms with Crippen molar-refractivity contribution in [3.8, 4) is 0 Å². The van der Waals surface area contributed by atoms with Crippen molar-refractivity contribution >= 4 is 11.8 Å². The average Bonchev–Trinajstić information content (AvgIpc) is 2.45. The van der Waals surface area contributed by atoms with Crippen molar-refractivity contribution in [3.05, 3.63) is 33.1 Å². The van der Waals surface area contributed by atoms with Gasteiger partial charge >= 0.3 is 5.69 Å². The molecule has 2 heterocycles. The molecule has 0 saturated carbocycles. The highest BCUT2D eigenvalue weighted by molar-refractivity contribution is 8.00. The number of nitrogens with one attached hydrogen (secondary N) is 1. The fourth-order valence-corrected chi connectivity index (χ4v) is 3.09. The van der Waals surface area contributed by atoms with E-state index in [4.69, 9.17) is 0 Å². The average molecular weight is 228 g/mol. The summed E-state index contributed by atoms with van der Waals surface area (Å²) in [5.74, 6) is 0. The lowest BCUT2D eigenvalue weighted by atomic mass is 10.2. The Morgan fingerprint density at radius 3 is 2.87 bits per heavy atom. The molecule has 0 bridgehead atoms. The summed E-state index contributed by atoms with van der Waals surface area (Å²) in [7, 11) is 0. The summed E-state index contributed by atoms with van der Waals surface area (Å²) in [4.78, 5) is 24.5. The smallest absolute Gasteiger partial charge is 0.329 e. The molecule has 1 saturated heterocycles. The van der Waals surface area contributed by atoms with E-state index < -0.39 is 17.4 Å². The number of aromatic amines is 1. The third-order valence-electron chi connectivity index (χ3n) is 2.40. The van der Waals surface area contributed by atoms with Crippen LogP contribution in [0, 0.1) is 0 Å². The Kier molecular flexibility index (Phi) is 2.70. The molecule has 2 rings (SSSR count). The lowest BCUT2D eigenvalue weighted by Gasteiger charge is -2.15. The molecule has 5 nitrogen and oxygen atoms in total. The topological polar surface area (TPSA) is 75.1 Å². The summed E-state index contributed by atoms with van der Waals surface area (Å²) in [5.41, 5.74) is -0.880. The molecule has 1 aliphatic rings. The van der Waals surface area contributed by atoms with Crippen LogP contribution in [0.1, 0.15) is 18.7 Å². The molecule has 0 radical (unpaired) electrons. The molecule has 1 fully saturated rings. The van der Waals surface area contributed by atoms with E-state index in [1.54, 1.807) is 0 Å². The monoisotopic (exact) mass is 228 g/mol. The Balaban J connectivity index is 2.38. The number of aromatic nitrogens is 2. The first-order chi connectivity index (χ1) is 7.08. The van der Waals surface area contributed by atoms with Crippen molar-refractivity contribution in [3.63, 3.8) is 0 Å². The van der Waals surface area contributed by atoms with E-state index in [-0.39, 0.29) is 5.37 Å². The molecule has 15 heavy (non-hydrogen) atoms. The minimum Gasteiger partial charge on any atom is -0.390 e. The largest absolute Gasteiger partial charge is 0.390 e. The SMILES string of the molecule is CC1C[C@@H](O)C(n2ccc(=O)[nH]c2=O)S1. The predicted octanol–water partition coefficient (Wildman–Crippen LogP) is -0.0785. The third-order valence-corrected chi connectivity index (χ3v) is 3.88. The summed E-state index contributed by atoms with van der Waals surface area (Å²) >= 11 is 1.54. The zero-order valence-corrected chi connectivity index (χ0v) is 9.03. The number of rotatable bonds is 1. The molecular formula is C9H12N2O3S. The van der Waals surface area contributed by atoms with Crippen LogP contribution in [0.4, 0.5) is 0 Å². The van der Waals surface area contributed by atoms with Crippen LogP contribution < -0.4 is 11.2 Å². The zero-order valence-electron chi connectivity index (χ0n) is 8.21. The normalized spacial score (nSPS) is 30.7.